The molecule has 1 saturated carbocycles. The summed E-state index contributed by atoms with van der Waals surface area (Å²) in [5, 5.41) is 9.51. The number of carbonyl (C=O) groups excluding carboxylic acids is 1. The van der Waals surface area contributed by atoms with Crippen molar-refractivity contribution in [1.82, 2.24) is 10.3 Å². The smallest absolute Gasteiger partial charge is 0.251 e. The van der Waals surface area contributed by atoms with E-state index in [0.717, 1.165) is 24.3 Å². The predicted octanol–water partition coefficient (Wildman–Crippen LogP) is 2.50. The van der Waals surface area contributed by atoms with Crippen molar-refractivity contribution in [2.24, 2.45) is 0 Å². The molecule has 5 nitrogen and oxygen atoms in total. The van der Waals surface area contributed by atoms with Gasteiger partial charge in [0.2, 0.25) is 0 Å². The summed E-state index contributed by atoms with van der Waals surface area (Å²) in [6.07, 6.45) is 3.74. The molecule has 0 unspecified atom stereocenters. The van der Waals surface area contributed by atoms with Crippen molar-refractivity contribution in [3.05, 3.63) is 54.2 Å². The first kappa shape index (κ1) is 14.4. The number of carbonyl (C=O) groups is 1. The number of pyridine rings is 1. The maximum atomic E-state index is 11.6. The summed E-state index contributed by atoms with van der Waals surface area (Å²) in [6.45, 7) is 0. The maximum Gasteiger partial charge on any atom is 0.251 e. The number of benzene rings is 1. The van der Waals surface area contributed by atoms with Gasteiger partial charge in [0.1, 0.15) is 5.82 Å². The van der Waals surface area contributed by atoms with Crippen molar-refractivity contribution in [3.8, 4) is 0 Å². The molecule has 1 fully saturated rings. The van der Waals surface area contributed by atoms with E-state index in [0.29, 0.717) is 17.6 Å². The lowest BCUT2D eigenvalue weighted by molar-refractivity contribution is 0.0963. The molecular weight excluding hydrogens is 276 g/mol. The number of hydrogen-bond donors (Lipinski definition) is 3. The van der Waals surface area contributed by atoms with Crippen LogP contribution in [0.1, 0.15) is 23.2 Å². The fourth-order valence-electron chi connectivity index (χ4n) is 2.63. The van der Waals surface area contributed by atoms with Crippen LogP contribution < -0.4 is 16.0 Å². The summed E-state index contributed by atoms with van der Waals surface area (Å²) >= 11 is 0. The molecule has 1 aromatic carbocycles. The Bertz CT molecular complexity index is 638. The third-order valence-electron chi connectivity index (χ3n) is 3.88. The number of amides is 1. The number of para-hydroxylation sites is 1. The molecule has 1 aromatic heterocycles. The van der Waals surface area contributed by atoms with E-state index < -0.39 is 0 Å². The van der Waals surface area contributed by atoms with E-state index in [9.17, 15) is 4.79 Å². The monoisotopic (exact) mass is 296 g/mol. The van der Waals surface area contributed by atoms with E-state index in [2.05, 4.69) is 33.1 Å². The van der Waals surface area contributed by atoms with Crippen LogP contribution in [-0.2, 0) is 0 Å². The molecule has 1 amide bonds. The first-order valence-electron chi connectivity index (χ1n) is 7.51. The molecule has 0 saturated heterocycles. The zero-order valence-electron chi connectivity index (χ0n) is 12.5. The van der Waals surface area contributed by atoms with Crippen LogP contribution in [-0.4, -0.2) is 30.0 Å². The van der Waals surface area contributed by atoms with Gasteiger partial charge in [-0.25, -0.2) is 4.98 Å². The van der Waals surface area contributed by atoms with Gasteiger partial charge in [0.15, 0.2) is 0 Å². The summed E-state index contributed by atoms with van der Waals surface area (Å²) in [4.78, 5) is 15.9. The average Bonchev–Trinajstić information content (AvgIpc) is 2.53. The Morgan fingerprint density at radius 1 is 1.09 bits per heavy atom. The summed E-state index contributed by atoms with van der Waals surface area (Å²) in [6, 6.07) is 14.6. The molecule has 1 aliphatic carbocycles. The second kappa shape index (κ2) is 6.47. The lowest BCUT2D eigenvalue weighted by Gasteiger charge is -2.37. The number of anilines is 2. The van der Waals surface area contributed by atoms with Crippen LogP contribution >= 0.6 is 0 Å². The van der Waals surface area contributed by atoms with Crippen LogP contribution in [0.2, 0.25) is 0 Å². The van der Waals surface area contributed by atoms with Crippen LogP contribution in [0.5, 0.6) is 0 Å². The molecule has 1 heterocycles. The van der Waals surface area contributed by atoms with E-state index in [1.807, 2.05) is 18.2 Å². The van der Waals surface area contributed by atoms with Crippen molar-refractivity contribution < 1.29 is 4.79 Å². The minimum atomic E-state index is -0.0947. The topological polar surface area (TPSA) is 66.0 Å². The Kier molecular flexibility index (Phi) is 4.23. The average molecular weight is 296 g/mol. The molecule has 0 aliphatic heterocycles. The number of nitrogens with one attached hydrogen (secondary N) is 3. The van der Waals surface area contributed by atoms with Crippen LogP contribution in [0.3, 0.4) is 0 Å². The molecule has 0 spiro atoms. The van der Waals surface area contributed by atoms with E-state index in [-0.39, 0.29) is 5.91 Å². The quantitative estimate of drug-likeness (QED) is 0.793. The highest BCUT2D eigenvalue weighted by Crippen LogP contribution is 2.26. The molecule has 0 atom stereocenters. The van der Waals surface area contributed by atoms with Gasteiger partial charge in [-0.05, 0) is 37.1 Å². The molecule has 22 heavy (non-hydrogen) atoms. The van der Waals surface area contributed by atoms with E-state index in [1.54, 1.807) is 25.4 Å². The molecule has 3 N–H and O–H groups in total. The highest BCUT2D eigenvalue weighted by molar-refractivity contribution is 5.94. The Balaban J connectivity index is 1.51. The maximum absolute atomic E-state index is 11.6. The minimum absolute atomic E-state index is 0.0947. The van der Waals surface area contributed by atoms with E-state index >= 15 is 0 Å². The summed E-state index contributed by atoms with van der Waals surface area (Å²) in [7, 11) is 1.63. The summed E-state index contributed by atoms with van der Waals surface area (Å²) in [5.74, 6) is 0.659. The lowest BCUT2D eigenvalue weighted by atomic mass is 9.86. The number of nitrogens with zero attached hydrogens (tertiary/aromatic N) is 1. The largest absolute Gasteiger partial charge is 0.382 e. The number of aromatic nitrogens is 1. The fourth-order valence-corrected chi connectivity index (χ4v) is 2.63. The highest BCUT2D eigenvalue weighted by Gasteiger charge is 2.29. The number of rotatable bonds is 5. The SMILES string of the molecule is CNC(=O)c1ccnc(N[C@H]2C[C@H](Nc3ccccc3)C2)c1. The van der Waals surface area contributed by atoms with Gasteiger partial charge in [-0.3, -0.25) is 4.79 Å². The Hall–Kier alpha value is -2.56. The molecule has 2 aromatic rings. The van der Waals surface area contributed by atoms with E-state index in [4.69, 9.17) is 0 Å². The Morgan fingerprint density at radius 2 is 1.82 bits per heavy atom. The van der Waals surface area contributed by atoms with Gasteiger partial charge in [0.25, 0.3) is 5.91 Å². The molecule has 5 heteroatoms. The molecule has 0 bridgehead atoms. The van der Waals surface area contributed by atoms with Crippen molar-refractivity contribution in [3.63, 3.8) is 0 Å². The van der Waals surface area contributed by atoms with Gasteiger partial charge in [-0.1, -0.05) is 18.2 Å². The lowest BCUT2D eigenvalue weighted by Crippen LogP contribution is -2.43. The Labute approximate surface area is 130 Å². The van der Waals surface area contributed by atoms with E-state index in [1.165, 1.54) is 0 Å². The zero-order chi connectivity index (χ0) is 15.4. The van der Waals surface area contributed by atoms with Crippen molar-refractivity contribution >= 4 is 17.4 Å². The first-order valence-corrected chi connectivity index (χ1v) is 7.51. The third kappa shape index (κ3) is 3.36. The molecular formula is C17H20N4O. The first-order chi connectivity index (χ1) is 10.7. The zero-order valence-corrected chi connectivity index (χ0v) is 12.5. The minimum Gasteiger partial charge on any atom is -0.382 e. The van der Waals surface area contributed by atoms with Crippen molar-refractivity contribution in [2.45, 2.75) is 24.9 Å². The Morgan fingerprint density at radius 3 is 2.55 bits per heavy atom. The number of hydrogen-bond acceptors (Lipinski definition) is 4. The molecule has 0 radical (unpaired) electrons. The normalized spacial score (nSPS) is 19.9. The van der Waals surface area contributed by atoms with Crippen LogP contribution in [0.4, 0.5) is 11.5 Å². The van der Waals surface area contributed by atoms with Gasteiger partial charge >= 0.3 is 0 Å². The van der Waals surface area contributed by atoms with Crippen LogP contribution in [0.15, 0.2) is 48.7 Å². The standard InChI is InChI=1S/C17H20N4O/c1-18-17(22)12-7-8-19-16(9-12)21-15-10-14(11-15)20-13-5-3-2-4-6-13/h2-9,14-15,20H,10-11H2,1H3,(H,18,22)(H,19,21)/t14-,15-. The second-order valence-electron chi connectivity index (χ2n) is 5.53. The van der Waals surface area contributed by atoms with Gasteiger partial charge in [-0.2, -0.15) is 0 Å². The van der Waals surface area contributed by atoms with Gasteiger partial charge in [0.05, 0.1) is 0 Å². The molecule has 114 valence electrons. The molecule has 3 rings (SSSR count). The van der Waals surface area contributed by atoms with Crippen molar-refractivity contribution in [1.29, 1.82) is 0 Å². The third-order valence-corrected chi connectivity index (χ3v) is 3.88. The predicted molar refractivity (Wildman–Crippen MR) is 88.1 cm³/mol. The van der Waals surface area contributed by atoms with Gasteiger partial charge in [-0.15, -0.1) is 0 Å². The van der Waals surface area contributed by atoms with Crippen LogP contribution in [0, 0.1) is 0 Å². The van der Waals surface area contributed by atoms with Gasteiger partial charge in [0, 0.05) is 36.6 Å². The second-order valence-corrected chi connectivity index (χ2v) is 5.53. The highest BCUT2D eigenvalue weighted by atomic mass is 16.1. The summed E-state index contributed by atoms with van der Waals surface area (Å²) < 4.78 is 0. The molecule has 1 aliphatic rings. The van der Waals surface area contributed by atoms with Gasteiger partial charge < -0.3 is 16.0 Å². The summed E-state index contributed by atoms with van der Waals surface area (Å²) in [5.41, 5.74) is 1.78. The van der Waals surface area contributed by atoms with Crippen molar-refractivity contribution in [2.75, 3.05) is 17.7 Å². The van der Waals surface area contributed by atoms with Crippen LogP contribution in [0.25, 0.3) is 0 Å². The fraction of sp³-hybridized carbons (Fsp3) is 0.294.